The molecule has 0 heterocycles. The number of hydrogen-bond donors (Lipinski definition) is 2. The van der Waals surface area contributed by atoms with Crippen molar-refractivity contribution >= 4 is 11.9 Å². The van der Waals surface area contributed by atoms with Crippen LogP contribution in [0.4, 0.5) is 0 Å². The van der Waals surface area contributed by atoms with Crippen LogP contribution in [0.15, 0.2) is 22.7 Å². The van der Waals surface area contributed by atoms with Crippen LogP contribution < -0.4 is 0 Å². The van der Waals surface area contributed by atoms with Gasteiger partial charge in [-0.25, -0.2) is 9.59 Å². The van der Waals surface area contributed by atoms with Gasteiger partial charge in [0.15, 0.2) is 0 Å². The van der Waals surface area contributed by atoms with Crippen LogP contribution in [0.2, 0.25) is 0 Å². The van der Waals surface area contributed by atoms with Crippen LogP contribution in [0.5, 0.6) is 0 Å². The van der Waals surface area contributed by atoms with E-state index in [-0.39, 0.29) is 5.57 Å². The first-order valence-electron chi connectivity index (χ1n) is 6.79. The van der Waals surface area contributed by atoms with Crippen molar-refractivity contribution in [2.75, 3.05) is 13.7 Å². The van der Waals surface area contributed by atoms with E-state index in [9.17, 15) is 9.59 Å². The lowest BCUT2D eigenvalue weighted by Crippen LogP contribution is -2.03. The quantitative estimate of drug-likeness (QED) is 0.554. The number of aliphatic carboxylic acids is 2. The van der Waals surface area contributed by atoms with Crippen molar-refractivity contribution in [2.24, 2.45) is 0 Å². The van der Waals surface area contributed by atoms with Gasteiger partial charge < -0.3 is 19.7 Å². The second kappa shape index (κ2) is 11.8. The molecule has 6 nitrogen and oxygen atoms in total. The second-order valence-corrected chi connectivity index (χ2v) is 4.05. The zero-order valence-corrected chi connectivity index (χ0v) is 13.6. The van der Waals surface area contributed by atoms with E-state index in [0.29, 0.717) is 36.5 Å². The summed E-state index contributed by atoms with van der Waals surface area (Å²) in [5, 5.41) is 17.0. The molecule has 122 valence electrons. The lowest BCUT2D eigenvalue weighted by Gasteiger charge is -2.07. The Morgan fingerprint density at radius 1 is 0.857 bits per heavy atom. The molecule has 0 saturated heterocycles. The van der Waals surface area contributed by atoms with Gasteiger partial charge in [-0.05, 0) is 20.8 Å². The fourth-order valence-corrected chi connectivity index (χ4v) is 1.45. The van der Waals surface area contributed by atoms with E-state index in [1.54, 1.807) is 6.92 Å². The fourth-order valence-electron chi connectivity index (χ4n) is 1.45. The lowest BCUT2D eigenvalue weighted by molar-refractivity contribution is -0.133. The summed E-state index contributed by atoms with van der Waals surface area (Å²) in [6.07, 6.45) is 1.25. The van der Waals surface area contributed by atoms with E-state index in [1.807, 2.05) is 20.8 Å². The van der Waals surface area contributed by atoms with E-state index in [4.69, 9.17) is 19.7 Å². The molecule has 0 amide bonds. The summed E-state index contributed by atoms with van der Waals surface area (Å²) in [6.45, 7) is 9.17. The number of carboxylic acids is 2. The average molecular weight is 302 g/mol. The van der Waals surface area contributed by atoms with Crippen molar-refractivity contribution in [3.05, 3.63) is 22.7 Å². The van der Waals surface area contributed by atoms with E-state index < -0.39 is 11.9 Å². The van der Waals surface area contributed by atoms with Gasteiger partial charge in [-0.15, -0.1) is 0 Å². The van der Waals surface area contributed by atoms with Crippen LogP contribution in [-0.4, -0.2) is 35.9 Å². The topological polar surface area (TPSA) is 93.1 Å². The van der Waals surface area contributed by atoms with Crippen molar-refractivity contribution in [2.45, 2.75) is 47.5 Å². The van der Waals surface area contributed by atoms with Crippen molar-refractivity contribution in [1.82, 2.24) is 0 Å². The third-order valence-electron chi connectivity index (χ3n) is 2.69. The summed E-state index contributed by atoms with van der Waals surface area (Å²) in [4.78, 5) is 20.8. The number of allylic oxidation sites excluding steroid dienone is 2. The molecule has 0 unspecified atom stereocenters. The minimum atomic E-state index is -0.918. The summed E-state index contributed by atoms with van der Waals surface area (Å²) in [7, 11) is 1.48. The predicted molar refractivity (Wildman–Crippen MR) is 79.9 cm³/mol. The molecule has 0 rings (SSSR count). The SMILES string of the molecule is CC/C(OC)=C(/C)C(=O)O.CCO/C(CC)=C(\C)C(=O)O. The average Bonchev–Trinajstić information content (AvgIpc) is 2.45. The monoisotopic (exact) mass is 302 g/mol. The number of carbonyl (C=O) groups is 2. The van der Waals surface area contributed by atoms with Crippen molar-refractivity contribution in [3.8, 4) is 0 Å². The van der Waals surface area contributed by atoms with Gasteiger partial charge in [-0.3, -0.25) is 0 Å². The summed E-state index contributed by atoms with van der Waals surface area (Å²) in [5.41, 5.74) is 0.583. The Kier molecular flexibility index (Phi) is 12.0. The van der Waals surface area contributed by atoms with Gasteiger partial charge in [-0.2, -0.15) is 0 Å². The third kappa shape index (κ3) is 8.73. The first-order valence-corrected chi connectivity index (χ1v) is 6.79. The van der Waals surface area contributed by atoms with Crippen LogP contribution in [0, 0.1) is 0 Å². The number of hydrogen-bond acceptors (Lipinski definition) is 4. The maximum Gasteiger partial charge on any atom is 0.334 e. The molecule has 0 spiro atoms. The number of carboxylic acid groups (broad SMARTS) is 2. The molecule has 0 saturated carbocycles. The van der Waals surface area contributed by atoms with Crippen LogP contribution in [0.3, 0.4) is 0 Å². The number of ether oxygens (including phenoxy) is 2. The molecule has 21 heavy (non-hydrogen) atoms. The largest absolute Gasteiger partial charge is 0.501 e. The highest BCUT2D eigenvalue weighted by Crippen LogP contribution is 2.09. The van der Waals surface area contributed by atoms with Gasteiger partial charge in [0.1, 0.15) is 11.5 Å². The van der Waals surface area contributed by atoms with Crippen molar-refractivity contribution in [3.63, 3.8) is 0 Å². The fraction of sp³-hybridized carbons (Fsp3) is 0.600. The Labute approximate surface area is 126 Å². The first-order chi connectivity index (χ1) is 9.76. The standard InChI is InChI=1S/C8H14O3.C7H12O3/c1-4-7(11-5-2)6(3)8(9)10;1-4-6(10-3)5(2)7(8)9/h4-5H2,1-3H3,(H,9,10);4H2,1-3H3,(H,8,9)/b7-6+;6-5+. The highest BCUT2D eigenvalue weighted by atomic mass is 16.5. The molecule has 2 N–H and O–H groups in total. The Morgan fingerprint density at radius 2 is 1.24 bits per heavy atom. The maximum atomic E-state index is 10.4. The Balaban J connectivity index is 0. The molecule has 0 aliphatic heterocycles. The third-order valence-corrected chi connectivity index (χ3v) is 2.69. The van der Waals surface area contributed by atoms with E-state index >= 15 is 0 Å². The van der Waals surface area contributed by atoms with Crippen LogP contribution >= 0.6 is 0 Å². The first kappa shape index (κ1) is 21.3. The van der Waals surface area contributed by atoms with Gasteiger partial charge in [0.05, 0.1) is 24.9 Å². The van der Waals surface area contributed by atoms with Gasteiger partial charge >= 0.3 is 11.9 Å². The van der Waals surface area contributed by atoms with Gasteiger partial charge in [0.2, 0.25) is 0 Å². The molecule has 0 aromatic rings. The zero-order chi connectivity index (χ0) is 17.0. The molecule has 0 fully saturated rings. The smallest absolute Gasteiger partial charge is 0.334 e. The maximum absolute atomic E-state index is 10.4. The molecule has 0 aliphatic carbocycles. The van der Waals surface area contributed by atoms with Gasteiger partial charge in [0, 0.05) is 12.8 Å². The van der Waals surface area contributed by atoms with Crippen LogP contribution in [0.1, 0.15) is 47.5 Å². The highest BCUT2D eigenvalue weighted by Gasteiger charge is 2.07. The molecule has 0 atom stereocenters. The van der Waals surface area contributed by atoms with Gasteiger partial charge in [0.25, 0.3) is 0 Å². The van der Waals surface area contributed by atoms with Crippen LogP contribution in [-0.2, 0) is 19.1 Å². The molecule has 6 heteroatoms. The Hall–Kier alpha value is -1.98. The zero-order valence-electron chi connectivity index (χ0n) is 13.6. The summed E-state index contributed by atoms with van der Waals surface area (Å²) < 4.78 is 9.93. The Morgan fingerprint density at radius 3 is 1.43 bits per heavy atom. The lowest BCUT2D eigenvalue weighted by atomic mass is 10.2. The molecule has 0 aliphatic rings. The van der Waals surface area contributed by atoms with Crippen molar-refractivity contribution < 1.29 is 29.3 Å². The normalized spacial score (nSPS) is 12.3. The van der Waals surface area contributed by atoms with Crippen LogP contribution in [0.25, 0.3) is 0 Å². The van der Waals surface area contributed by atoms with Gasteiger partial charge in [-0.1, -0.05) is 13.8 Å². The molecular weight excluding hydrogens is 276 g/mol. The van der Waals surface area contributed by atoms with E-state index in [0.717, 1.165) is 0 Å². The molecule has 0 radical (unpaired) electrons. The minimum Gasteiger partial charge on any atom is -0.501 e. The summed E-state index contributed by atoms with van der Waals surface area (Å²) in [5.74, 6) is -0.721. The van der Waals surface area contributed by atoms with E-state index in [1.165, 1.54) is 14.0 Å². The molecular formula is C15H26O6. The number of methoxy groups -OCH3 is 1. The summed E-state index contributed by atoms with van der Waals surface area (Å²) >= 11 is 0. The Bertz CT molecular complexity index is 400. The molecule has 0 bridgehead atoms. The summed E-state index contributed by atoms with van der Waals surface area (Å²) in [6, 6.07) is 0. The second-order valence-electron chi connectivity index (χ2n) is 4.05. The van der Waals surface area contributed by atoms with Crippen molar-refractivity contribution in [1.29, 1.82) is 0 Å². The highest BCUT2D eigenvalue weighted by molar-refractivity contribution is 5.86. The van der Waals surface area contributed by atoms with E-state index in [2.05, 4.69) is 0 Å². The predicted octanol–water partition coefficient (Wildman–Crippen LogP) is 3.19. The number of rotatable bonds is 7. The molecule has 0 aromatic heterocycles. The minimum absolute atomic E-state index is 0.282. The molecule has 0 aromatic carbocycles.